The Bertz CT molecular complexity index is 579. The van der Waals surface area contributed by atoms with Crippen LogP contribution >= 0.6 is 0 Å². The number of piperazine rings is 1. The molecular weight excluding hydrogens is 320 g/mol. The van der Waals surface area contributed by atoms with Gasteiger partial charge >= 0.3 is 0 Å². The predicted molar refractivity (Wildman–Crippen MR) is 95.5 cm³/mol. The molecule has 0 saturated carbocycles. The second-order valence-electron chi connectivity index (χ2n) is 6.47. The lowest BCUT2D eigenvalue weighted by molar-refractivity contribution is 0.0137. The second kappa shape index (κ2) is 8.54. The van der Waals surface area contributed by atoms with Crippen molar-refractivity contribution in [2.75, 3.05) is 53.1 Å². The van der Waals surface area contributed by atoms with Crippen LogP contribution in [-0.4, -0.2) is 74.9 Å². The standard InChI is InChI=1S/C19H28N2O4/c1-3-25-17-5-4-15(14-18(17)23-2)19(22)21-10-8-20(9-11-21)16-6-12-24-13-7-16/h4-5,14,16H,3,6-13H2,1-2H3. The van der Waals surface area contributed by atoms with Crippen molar-refractivity contribution in [1.82, 2.24) is 9.80 Å². The van der Waals surface area contributed by atoms with Crippen molar-refractivity contribution in [3.05, 3.63) is 23.8 Å². The smallest absolute Gasteiger partial charge is 0.254 e. The Morgan fingerprint density at radius 3 is 2.52 bits per heavy atom. The molecule has 0 aliphatic carbocycles. The number of methoxy groups -OCH3 is 1. The fraction of sp³-hybridized carbons (Fsp3) is 0.632. The van der Waals surface area contributed by atoms with Gasteiger partial charge in [-0.05, 0) is 38.0 Å². The first kappa shape index (κ1) is 18.0. The molecule has 1 aromatic rings. The molecule has 2 aliphatic heterocycles. The number of nitrogens with zero attached hydrogens (tertiary/aromatic N) is 2. The molecule has 25 heavy (non-hydrogen) atoms. The van der Waals surface area contributed by atoms with Crippen molar-refractivity contribution >= 4 is 5.91 Å². The zero-order valence-corrected chi connectivity index (χ0v) is 15.2. The number of hydrogen-bond donors (Lipinski definition) is 0. The number of hydrogen-bond acceptors (Lipinski definition) is 5. The Balaban J connectivity index is 1.60. The van der Waals surface area contributed by atoms with E-state index in [0.717, 1.165) is 52.2 Å². The fourth-order valence-electron chi connectivity index (χ4n) is 3.60. The van der Waals surface area contributed by atoms with Gasteiger partial charge in [-0.3, -0.25) is 9.69 Å². The predicted octanol–water partition coefficient (Wildman–Crippen LogP) is 2.03. The molecule has 1 amide bonds. The molecule has 0 unspecified atom stereocenters. The molecule has 1 aromatic carbocycles. The summed E-state index contributed by atoms with van der Waals surface area (Å²) in [6.45, 7) is 7.62. The SMILES string of the molecule is CCOc1ccc(C(=O)N2CCN(C3CCOCC3)CC2)cc1OC. The van der Waals surface area contributed by atoms with Gasteiger partial charge in [-0.2, -0.15) is 0 Å². The molecule has 0 aromatic heterocycles. The van der Waals surface area contributed by atoms with Crippen LogP contribution in [0.3, 0.4) is 0 Å². The summed E-state index contributed by atoms with van der Waals surface area (Å²) in [5.74, 6) is 1.34. The first-order valence-electron chi connectivity index (χ1n) is 9.15. The Morgan fingerprint density at radius 2 is 1.88 bits per heavy atom. The minimum Gasteiger partial charge on any atom is -0.493 e. The molecule has 6 heteroatoms. The van der Waals surface area contributed by atoms with Gasteiger partial charge < -0.3 is 19.1 Å². The van der Waals surface area contributed by atoms with E-state index < -0.39 is 0 Å². The molecule has 138 valence electrons. The minimum absolute atomic E-state index is 0.0629. The van der Waals surface area contributed by atoms with Crippen LogP contribution in [0.4, 0.5) is 0 Å². The van der Waals surface area contributed by atoms with E-state index in [0.29, 0.717) is 29.7 Å². The lowest BCUT2D eigenvalue weighted by atomic mass is 10.1. The molecule has 6 nitrogen and oxygen atoms in total. The van der Waals surface area contributed by atoms with Crippen molar-refractivity contribution in [2.24, 2.45) is 0 Å². The van der Waals surface area contributed by atoms with Crippen molar-refractivity contribution in [3.63, 3.8) is 0 Å². The summed E-state index contributed by atoms with van der Waals surface area (Å²) < 4.78 is 16.3. The van der Waals surface area contributed by atoms with E-state index in [1.165, 1.54) is 0 Å². The van der Waals surface area contributed by atoms with Crippen LogP contribution in [0.25, 0.3) is 0 Å². The van der Waals surface area contributed by atoms with E-state index in [2.05, 4.69) is 4.90 Å². The normalized spacial score (nSPS) is 19.7. The number of benzene rings is 1. The van der Waals surface area contributed by atoms with Crippen molar-refractivity contribution in [3.8, 4) is 11.5 Å². The summed E-state index contributed by atoms with van der Waals surface area (Å²) >= 11 is 0. The van der Waals surface area contributed by atoms with E-state index in [1.807, 2.05) is 24.0 Å². The molecule has 0 atom stereocenters. The van der Waals surface area contributed by atoms with Gasteiger partial charge in [-0.1, -0.05) is 0 Å². The molecule has 2 fully saturated rings. The van der Waals surface area contributed by atoms with E-state index >= 15 is 0 Å². The highest BCUT2D eigenvalue weighted by Crippen LogP contribution is 2.28. The zero-order valence-electron chi connectivity index (χ0n) is 15.2. The van der Waals surface area contributed by atoms with E-state index in [-0.39, 0.29) is 5.91 Å². The van der Waals surface area contributed by atoms with Gasteiger partial charge in [0.2, 0.25) is 0 Å². The summed E-state index contributed by atoms with van der Waals surface area (Å²) in [7, 11) is 1.60. The van der Waals surface area contributed by atoms with Crippen LogP contribution < -0.4 is 9.47 Å². The first-order valence-corrected chi connectivity index (χ1v) is 9.15. The lowest BCUT2D eigenvalue weighted by Crippen LogP contribution is -2.53. The summed E-state index contributed by atoms with van der Waals surface area (Å²) in [6.07, 6.45) is 2.20. The summed E-state index contributed by atoms with van der Waals surface area (Å²) in [6, 6.07) is 6.02. The highest BCUT2D eigenvalue weighted by Gasteiger charge is 2.28. The van der Waals surface area contributed by atoms with Crippen molar-refractivity contribution in [2.45, 2.75) is 25.8 Å². The maximum atomic E-state index is 12.8. The first-order chi connectivity index (χ1) is 12.2. The molecule has 0 radical (unpaired) electrons. The van der Waals surface area contributed by atoms with E-state index in [9.17, 15) is 4.79 Å². The van der Waals surface area contributed by atoms with Crippen molar-refractivity contribution in [1.29, 1.82) is 0 Å². The average molecular weight is 348 g/mol. The van der Waals surface area contributed by atoms with Gasteiger partial charge in [0.25, 0.3) is 5.91 Å². The summed E-state index contributed by atoms with van der Waals surface area (Å²) in [5, 5.41) is 0. The average Bonchev–Trinajstić information content (AvgIpc) is 2.69. The molecule has 2 saturated heterocycles. The third kappa shape index (κ3) is 4.25. The number of carbonyl (C=O) groups excluding carboxylic acids is 1. The van der Waals surface area contributed by atoms with Gasteiger partial charge in [-0.15, -0.1) is 0 Å². The van der Waals surface area contributed by atoms with Crippen LogP contribution in [0, 0.1) is 0 Å². The van der Waals surface area contributed by atoms with Crippen molar-refractivity contribution < 1.29 is 19.0 Å². The van der Waals surface area contributed by atoms with Crippen LogP contribution in [0.2, 0.25) is 0 Å². The molecule has 0 N–H and O–H groups in total. The molecule has 2 heterocycles. The third-order valence-corrected chi connectivity index (χ3v) is 5.02. The minimum atomic E-state index is 0.0629. The maximum absolute atomic E-state index is 12.8. The van der Waals surface area contributed by atoms with Gasteiger partial charge in [-0.25, -0.2) is 0 Å². The van der Waals surface area contributed by atoms with Gasteiger partial charge in [0.1, 0.15) is 0 Å². The van der Waals surface area contributed by atoms with Gasteiger partial charge in [0.15, 0.2) is 11.5 Å². The molecular formula is C19H28N2O4. The Kier molecular flexibility index (Phi) is 6.15. The number of amides is 1. The van der Waals surface area contributed by atoms with Crippen LogP contribution in [0.1, 0.15) is 30.1 Å². The summed E-state index contributed by atoms with van der Waals surface area (Å²) in [4.78, 5) is 17.3. The second-order valence-corrected chi connectivity index (χ2v) is 6.47. The van der Waals surface area contributed by atoms with Crippen LogP contribution in [-0.2, 0) is 4.74 Å². The fourth-order valence-corrected chi connectivity index (χ4v) is 3.60. The maximum Gasteiger partial charge on any atom is 0.254 e. The Morgan fingerprint density at radius 1 is 1.16 bits per heavy atom. The lowest BCUT2D eigenvalue weighted by Gasteiger charge is -2.40. The quantitative estimate of drug-likeness (QED) is 0.815. The van der Waals surface area contributed by atoms with Crippen LogP contribution in [0.5, 0.6) is 11.5 Å². The van der Waals surface area contributed by atoms with Gasteiger partial charge in [0.05, 0.1) is 13.7 Å². The monoisotopic (exact) mass is 348 g/mol. The number of ether oxygens (including phenoxy) is 3. The number of carbonyl (C=O) groups is 1. The molecule has 0 spiro atoms. The number of rotatable bonds is 5. The molecule has 2 aliphatic rings. The largest absolute Gasteiger partial charge is 0.493 e. The topological polar surface area (TPSA) is 51.2 Å². The van der Waals surface area contributed by atoms with Crippen LogP contribution in [0.15, 0.2) is 18.2 Å². The third-order valence-electron chi connectivity index (χ3n) is 5.02. The molecule has 0 bridgehead atoms. The van der Waals surface area contributed by atoms with E-state index in [1.54, 1.807) is 13.2 Å². The highest BCUT2D eigenvalue weighted by molar-refractivity contribution is 5.95. The summed E-state index contributed by atoms with van der Waals surface area (Å²) in [5.41, 5.74) is 0.653. The Labute approximate surface area is 149 Å². The Hall–Kier alpha value is -1.79. The van der Waals surface area contributed by atoms with E-state index in [4.69, 9.17) is 14.2 Å². The zero-order chi connectivity index (χ0) is 17.6. The molecule has 3 rings (SSSR count). The highest BCUT2D eigenvalue weighted by atomic mass is 16.5. The van der Waals surface area contributed by atoms with Gasteiger partial charge in [0, 0.05) is 51.0 Å².